The van der Waals surface area contributed by atoms with Crippen LogP contribution in [0.15, 0.2) is 12.4 Å². The number of piperidine rings is 1. The van der Waals surface area contributed by atoms with E-state index in [4.69, 9.17) is 10.8 Å². The molecule has 1 saturated heterocycles. The van der Waals surface area contributed by atoms with Gasteiger partial charge in [0.25, 0.3) is 0 Å². The van der Waals surface area contributed by atoms with Gasteiger partial charge in [0.15, 0.2) is 5.82 Å². The van der Waals surface area contributed by atoms with Crippen LogP contribution in [0.2, 0.25) is 0 Å². The van der Waals surface area contributed by atoms with E-state index < -0.39 is 0 Å². The first-order valence-electron chi connectivity index (χ1n) is 6.24. The van der Waals surface area contributed by atoms with Gasteiger partial charge in [-0.1, -0.05) is 0 Å². The third-order valence-electron chi connectivity index (χ3n) is 3.31. The molecule has 5 heteroatoms. The fraction of sp³-hybridized carbons (Fsp3) is 0.667. The summed E-state index contributed by atoms with van der Waals surface area (Å²) in [4.78, 5) is 10.9. The van der Waals surface area contributed by atoms with E-state index in [-0.39, 0.29) is 6.61 Å². The smallest absolute Gasteiger partial charge is 0.151 e. The standard InChI is InChI=1S/C12H20N4O/c13-9-11-12(15-6-5-14-11)16-7-2-1-3-10(16)4-8-17/h5-6,10,17H,1-4,7-9,13H2. The van der Waals surface area contributed by atoms with E-state index in [9.17, 15) is 0 Å². The number of aliphatic hydroxyl groups is 1. The van der Waals surface area contributed by atoms with Gasteiger partial charge in [-0.15, -0.1) is 0 Å². The van der Waals surface area contributed by atoms with Crippen molar-refractivity contribution in [1.29, 1.82) is 0 Å². The topological polar surface area (TPSA) is 75.3 Å². The van der Waals surface area contributed by atoms with Crippen molar-refractivity contribution in [2.45, 2.75) is 38.3 Å². The highest BCUT2D eigenvalue weighted by molar-refractivity contribution is 5.44. The summed E-state index contributed by atoms with van der Waals surface area (Å²) in [6.45, 7) is 1.61. The molecule has 3 N–H and O–H groups in total. The molecule has 0 saturated carbocycles. The van der Waals surface area contributed by atoms with Crippen LogP contribution < -0.4 is 10.6 Å². The Balaban J connectivity index is 2.22. The van der Waals surface area contributed by atoms with E-state index in [0.29, 0.717) is 12.6 Å². The molecule has 94 valence electrons. The van der Waals surface area contributed by atoms with Gasteiger partial charge in [-0.05, 0) is 25.7 Å². The largest absolute Gasteiger partial charge is 0.396 e. The average molecular weight is 236 g/mol. The Labute approximate surface area is 102 Å². The van der Waals surface area contributed by atoms with E-state index in [1.165, 1.54) is 12.8 Å². The zero-order valence-electron chi connectivity index (χ0n) is 10.0. The zero-order chi connectivity index (χ0) is 12.1. The highest BCUT2D eigenvalue weighted by Crippen LogP contribution is 2.26. The Bertz CT molecular complexity index is 356. The van der Waals surface area contributed by atoms with Gasteiger partial charge >= 0.3 is 0 Å². The third kappa shape index (κ3) is 2.73. The van der Waals surface area contributed by atoms with Gasteiger partial charge in [0.2, 0.25) is 0 Å². The molecule has 0 bridgehead atoms. The molecule has 1 unspecified atom stereocenters. The fourth-order valence-electron chi connectivity index (χ4n) is 2.47. The number of aromatic nitrogens is 2. The second-order valence-corrected chi connectivity index (χ2v) is 4.39. The average Bonchev–Trinajstić information content (AvgIpc) is 2.40. The Hall–Kier alpha value is -1.20. The monoisotopic (exact) mass is 236 g/mol. The SMILES string of the molecule is NCc1nccnc1N1CCCCC1CCO. The van der Waals surface area contributed by atoms with Crippen molar-refractivity contribution >= 4 is 5.82 Å². The predicted molar refractivity (Wildman–Crippen MR) is 66.6 cm³/mol. The first kappa shape index (κ1) is 12.3. The molecule has 0 radical (unpaired) electrons. The second-order valence-electron chi connectivity index (χ2n) is 4.39. The predicted octanol–water partition coefficient (Wildman–Crippen LogP) is 0.677. The lowest BCUT2D eigenvalue weighted by Crippen LogP contribution is -2.41. The lowest BCUT2D eigenvalue weighted by molar-refractivity contribution is 0.262. The number of nitrogens with zero attached hydrogens (tertiary/aromatic N) is 3. The maximum atomic E-state index is 9.12. The van der Waals surface area contributed by atoms with Gasteiger partial charge in [0, 0.05) is 38.1 Å². The first-order chi connectivity index (χ1) is 8.36. The minimum absolute atomic E-state index is 0.222. The van der Waals surface area contributed by atoms with E-state index in [2.05, 4.69) is 14.9 Å². The van der Waals surface area contributed by atoms with Gasteiger partial charge in [0.1, 0.15) is 0 Å². The highest BCUT2D eigenvalue weighted by Gasteiger charge is 2.24. The summed E-state index contributed by atoms with van der Waals surface area (Å²) in [6, 6.07) is 0.371. The minimum atomic E-state index is 0.222. The van der Waals surface area contributed by atoms with Crippen LogP contribution in [0.5, 0.6) is 0 Å². The lowest BCUT2D eigenvalue weighted by Gasteiger charge is -2.37. The summed E-state index contributed by atoms with van der Waals surface area (Å²) in [5.41, 5.74) is 6.54. The summed E-state index contributed by atoms with van der Waals surface area (Å²) in [5.74, 6) is 0.896. The summed E-state index contributed by atoms with van der Waals surface area (Å²) in [5, 5.41) is 9.12. The van der Waals surface area contributed by atoms with Crippen molar-refractivity contribution in [1.82, 2.24) is 9.97 Å². The number of anilines is 1. The van der Waals surface area contributed by atoms with Crippen LogP contribution in [0.25, 0.3) is 0 Å². The zero-order valence-corrected chi connectivity index (χ0v) is 10.0. The summed E-state index contributed by atoms with van der Waals surface area (Å²) >= 11 is 0. The van der Waals surface area contributed by atoms with E-state index in [1.54, 1.807) is 12.4 Å². The number of aliphatic hydroxyl groups excluding tert-OH is 1. The van der Waals surface area contributed by atoms with Gasteiger partial charge in [-0.3, -0.25) is 4.98 Å². The molecule has 0 amide bonds. The normalized spacial score (nSPS) is 20.6. The molecule has 17 heavy (non-hydrogen) atoms. The molecule has 1 aromatic heterocycles. The molecule has 0 spiro atoms. The number of hydrogen-bond acceptors (Lipinski definition) is 5. The van der Waals surface area contributed by atoms with Crippen molar-refractivity contribution in [3.63, 3.8) is 0 Å². The molecular weight excluding hydrogens is 216 g/mol. The van der Waals surface area contributed by atoms with Crippen LogP contribution in [0.1, 0.15) is 31.4 Å². The number of rotatable bonds is 4. The van der Waals surface area contributed by atoms with Crippen molar-refractivity contribution in [2.75, 3.05) is 18.1 Å². The van der Waals surface area contributed by atoms with E-state index in [0.717, 1.165) is 30.9 Å². The molecule has 0 aliphatic carbocycles. The summed E-state index contributed by atoms with van der Waals surface area (Å²) in [6.07, 6.45) is 7.68. The van der Waals surface area contributed by atoms with Gasteiger partial charge in [-0.25, -0.2) is 4.98 Å². The van der Waals surface area contributed by atoms with Crippen LogP contribution in [0, 0.1) is 0 Å². The molecule has 1 aliphatic rings. The Morgan fingerprint density at radius 1 is 1.35 bits per heavy atom. The second kappa shape index (κ2) is 5.93. The number of nitrogens with two attached hydrogens (primary N) is 1. The summed E-state index contributed by atoms with van der Waals surface area (Å²) in [7, 11) is 0. The maximum Gasteiger partial charge on any atom is 0.151 e. The number of hydrogen-bond donors (Lipinski definition) is 2. The van der Waals surface area contributed by atoms with Crippen LogP contribution in [0.3, 0.4) is 0 Å². The van der Waals surface area contributed by atoms with Crippen LogP contribution in [-0.2, 0) is 6.54 Å². The Morgan fingerprint density at radius 3 is 2.94 bits per heavy atom. The van der Waals surface area contributed by atoms with Crippen LogP contribution >= 0.6 is 0 Å². The minimum Gasteiger partial charge on any atom is -0.396 e. The van der Waals surface area contributed by atoms with Crippen molar-refractivity contribution in [3.05, 3.63) is 18.1 Å². The molecule has 1 aromatic rings. The summed E-state index contributed by atoms with van der Waals surface area (Å²) < 4.78 is 0. The van der Waals surface area contributed by atoms with E-state index in [1.807, 2.05) is 0 Å². The Kier molecular flexibility index (Phi) is 4.28. The van der Waals surface area contributed by atoms with Crippen molar-refractivity contribution < 1.29 is 5.11 Å². The van der Waals surface area contributed by atoms with Crippen LogP contribution in [-0.4, -0.2) is 34.3 Å². The van der Waals surface area contributed by atoms with Crippen molar-refractivity contribution in [2.24, 2.45) is 5.73 Å². The molecule has 5 nitrogen and oxygen atoms in total. The maximum absolute atomic E-state index is 9.12. The third-order valence-corrected chi connectivity index (χ3v) is 3.31. The molecule has 1 fully saturated rings. The van der Waals surface area contributed by atoms with Gasteiger partial charge in [0.05, 0.1) is 5.69 Å². The molecule has 1 atom stereocenters. The lowest BCUT2D eigenvalue weighted by atomic mass is 9.99. The van der Waals surface area contributed by atoms with Crippen LogP contribution in [0.4, 0.5) is 5.82 Å². The molecular formula is C12H20N4O. The fourth-order valence-corrected chi connectivity index (χ4v) is 2.47. The molecule has 2 heterocycles. The molecule has 2 rings (SSSR count). The molecule has 1 aliphatic heterocycles. The Morgan fingerprint density at radius 2 is 2.18 bits per heavy atom. The quantitative estimate of drug-likeness (QED) is 0.804. The van der Waals surface area contributed by atoms with Gasteiger partial charge < -0.3 is 15.7 Å². The first-order valence-corrected chi connectivity index (χ1v) is 6.24. The van der Waals surface area contributed by atoms with Crippen molar-refractivity contribution in [3.8, 4) is 0 Å². The molecule has 0 aromatic carbocycles. The van der Waals surface area contributed by atoms with Gasteiger partial charge in [-0.2, -0.15) is 0 Å². The highest BCUT2D eigenvalue weighted by atomic mass is 16.3. The van der Waals surface area contributed by atoms with E-state index >= 15 is 0 Å².